The Morgan fingerprint density at radius 1 is 1.44 bits per heavy atom. The monoisotopic (exact) mass is 329 g/mol. The molecule has 3 N–H and O–H groups in total. The van der Waals surface area contributed by atoms with Gasteiger partial charge >= 0.3 is 6.09 Å². The Balaban J connectivity index is 2.07. The number of benzene rings is 1. The van der Waals surface area contributed by atoms with E-state index in [9.17, 15) is 9.59 Å². The molecule has 0 aliphatic rings. The summed E-state index contributed by atoms with van der Waals surface area (Å²) < 4.78 is 1.85. The number of halogens is 1. The van der Waals surface area contributed by atoms with Gasteiger partial charge < -0.3 is 15.7 Å². The van der Waals surface area contributed by atoms with E-state index in [-0.39, 0.29) is 6.54 Å². The van der Waals surface area contributed by atoms with Gasteiger partial charge in [0, 0.05) is 4.47 Å². The molecule has 0 aliphatic carbocycles. The van der Waals surface area contributed by atoms with E-state index in [4.69, 9.17) is 5.11 Å². The van der Waals surface area contributed by atoms with Crippen LogP contribution in [0.4, 0.5) is 9.93 Å². The fraction of sp³-hybridized carbons (Fsp3) is 0.100. The Morgan fingerprint density at radius 2 is 2.22 bits per heavy atom. The van der Waals surface area contributed by atoms with E-state index < -0.39 is 12.0 Å². The molecular formula is C10H8BrN3O3S. The van der Waals surface area contributed by atoms with Crippen molar-refractivity contribution in [2.24, 2.45) is 0 Å². The van der Waals surface area contributed by atoms with Gasteiger partial charge in [0.2, 0.25) is 5.91 Å². The fourth-order valence-electron chi connectivity index (χ4n) is 1.27. The molecule has 1 heterocycles. The van der Waals surface area contributed by atoms with Gasteiger partial charge in [-0.3, -0.25) is 4.79 Å². The second-order valence-corrected chi connectivity index (χ2v) is 5.28. The number of carbonyl (C=O) groups excluding carboxylic acids is 1. The Kier molecular flexibility index (Phi) is 3.78. The van der Waals surface area contributed by atoms with E-state index in [1.54, 1.807) is 0 Å². The maximum atomic E-state index is 11.4. The van der Waals surface area contributed by atoms with Crippen LogP contribution in [-0.4, -0.2) is 28.6 Å². The van der Waals surface area contributed by atoms with Crippen molar-refractivity contribution < 1.29 is 14.7 Å². The summed E-state index contributed by atoms with van der Waals surface area (Å²) in [6.45, 7) is -0.297. The van der Waals surface area contributed by atoms with Crippen molar-refractivity contribution in [1.29, 1.82) is 0 Å². The summed E-state index contributed by atoms with van der Waals surface area (Å²) in [6, 6.07) is 5.62. The molecule has 0 fully saturated rings. The van der Waals surface area contributed by atoms with Crippen molar-refractivity contribution in [3.05, 3.63) is 22.7 Å². The molecule has 0 aliphatic heterocycles. The Labute approximate surface area is 114 Å². The number of rotatable bonds is 3. The first-order valence-corrected chi connectivity index (χ1v) is 6.48. The summed E-state index contributed by atoms with van der Waals surface area (Å²) in [6.07, 6.45) is -1.24. The van der Waals surface area contributed by atoms with E-state index >= 15 is 0 Å². The van der Waals surface area contributed by atoms with Crippen LogP contribution in [-0.2, 0) is 4.79 Å². The van der Waals surface area contributed by atoms with Crippen LogP contribution in [0.25, 0.3) is 10.2 Å². The highest BCUT2D eigenvalue weighted by molar-refractivity contribution is 9.10. The number of amides is 2. The second kappa shape index (κ2) is 5.32. The number of thiazole rings is 1. The van der Waals surface area contributed by atoms with Gasteiger partial charge in [0.25, 0.3) is 0 Å². The van der Waals surface area contributed by atoms with Gasteiger partial charge in [0.15, 0.2) is 5.13 Å². The Hall–Kier alpha value is -1.67. The first-order valence-electron chi connectivity index (χ1n) is 4.87. The molecule has 0 atom stereocenters. The SMILES string of the molecule is O=C(O)NCC(=O)Nc1nc2cc(Br)ccc2s1. The van der Waals surface area contributed by atoms with Crippen molar-refractivity contribution in [3.63, 3.8) is 0 Å². The minimum atomic E-state index is -1.24. The molecule has 8 heteroatoms. The number of hydrogen-bond acceptors (Lipinski definition) is 4. The number of hydrogen-bond donors (Lipinski definition) is 3. The molecule has 1 aromatic heterocycles. The predicted octanol–water partition coefficient (Wildman–Crippen LogP) is 2.26. The lowest BCUT2D eigenvalue weighted by atomic mass is 10.3. The number of carbonyl (C=O) groups is 2. The molecule has 0 radical (unpaired) electrons. The van der Waals surface area contributed by atoms with Gasteiger partial charge in [-0.05, 0) is 18.2 Å². The molecule has 6 nitrogen and oxygen atoms in total. The summed E-state index contributed by atoms with van der Waals surface area (Å²) in [5.41, 5.74) is 0.774. The minimum absolute atomic E-state index is 0.297. The lowest BCUT2D eigenvalue weighted by molar-refractivity contribution is -0.115. The summed E-state index contributed by atoms with van der Waals surface area (Å²) in [5, 5.41) is 13.3. The van der Waals surface area contributed by atoms with Gasteiger partial charge in [-0.25, -0.2) is 9.78 Å². The summed E-state index contributed by atoms with van der Waals surface area (Å²) in [4.78, 5) is 25.8. The van der Waals surface area contributed by atoms with E-state index in [2.05, 4.69) is 26.2 Å². The highest BCUT2D eigenvalue weighted by Gasteiger charge is 2.08. The van der Waals surface area contributed by atoms with Crippen LogP contribution >= 0.6 is 27.3 Å². The standard InChI is InChI=1S/C10H8BrN3O3S/c11-5-1-2-7-6(3-5)13-9(18-7)14-8(15)4-12-10(16)17/h1-3,12H,4H2,(H,16,17)(H,13,14,15). The van der Waals surface area contributed by atoms with Gasteiger partial charge in [-0.1, -0.05) is 27.3 Å². The quantitative estimate of drug-likeness (QED) is 0.805. The first kappa shape index (κ1) is 12.8. The summed E-state index contributed by atoms with van der Waals surface area (Å²) in [7, 11) is 0. The van der Waals surface area contributed by atoms with Crippen LogP contribution in [0.1, 0.15) is 0 Å². The maximum absolute atomic E-state index is 11.4. The van der Waals surface area contributed by atoms with E-state index in [0.29, 0.717) is 5.13 Å². The van der Waals surface area contributed by atoms with Crippen LogP contribution in [0.3, 0.4) is 0 Å². The lowest BCUT2D eigenvalue weighted by Gasteiger charge is -2.00. The molecule has 2 rings (SSSR count). The maximum Gasteiger partial charge on any atom is 0.405 e. The smallest absolute Gasteiger partial charge is 0.405 e. The third kappa shape index (κ3) is 3.17. The number of anilines is 1. The molecule has 0 saturated carbocycles. The van der Waals surface area contributed by atoms with Crippen molar-refractivity contribution in [2.45, 2.75) is 0 Å². The van der Waals surface area contributed by atoms with Gasteiger partial charge in [0.05, 0.1) is 10.2 Å². The molecule has 94 valence electrons. The van der Waals surface area contributed by atoms with Crippen molar-refractivity contribution >= 4 is 54.6 Å². The normalized spacial score (nSPS) is 10.3. The van der Waals surface area contributed by atoms with Crippen LogP contribution in [0.5, 0.6) is 0 Å². The minimum Gasteiger partial charge on any atom is -0.465 e. The molecule has 2 amide bonds. The van der Waals surface area contributed by atoms with Gasteiger partial charge in [0.1, 0.15) is 6.54 Å². The average Bonchev–Trinajstić information content (AvgIpc) is 2.67. The number of carboxylic acid groups (broad SMARTS) is 1. The highest BCUT2D eigenvalue weighted by Crippen LogP contribution is 2.27. The van der Waals surface area contributed by atoms with Crippen LogP contribution in [0.15, 0.2) is 22.7 Å². The van der Waals surface area contributed by atoms with Crippen molar-refractivity contribution in [1.82, 2.24) is 10.3 Å². The average molecular weight is 330 g/mol. The molecule has 1 aromatic carbocycles. The van der Waals surface area contributed by atoms with E-state index in [1.807, 2.05) is 23.5 Å². The van der Waals surface area contributed by atoms with Crippen LogP contribution < -0.4 is 10.6 Å². The summed E-state index contributed by atoms with van der Waals surface area (Å²) >= 11 is 4.66. The largest absolute Gasteiger partial charge is 0.465 e. The Bertz CT molecular complexity index is 613. The Morgan fingerprint density at radius 3 is 2.94 bits per heavy atom. The number of aromatic nitrogens is 1. The van der Waals surface area contributed by atoms with Crippen LogP contribution in [0, 0.1) is 0 Å². The molecule has 0 bridgehead atoms. The van der Waals surface area contributed by atoms with Crippen molar-refractivity contribution in [3.8, 4) is 0 Å². The highest BCUT2D eigenvalue weighted by atomic mass is 79.9. The fourth-order valence-corrected chi connectivity index (χ4v) is 2.48. The molecule has 2 aromatic rings. The molecule has 18 heavy (non-hydrogen) atoms. The summed E-state index contributed by atoms with van der Waals surface area (Å²) in [5.74, 6) is -0.449. The molecule has 0 saturated heterocycles. The topological polar surface area (TPSA) is 91.3 Å². The third-order valence-corrected chi connectivity index (χ3v) is 3.44. The first-order chi connectivity index (χ1) is 8.54. The van der Waals surface area contributed by atoms with E-state index in [1.165, 1.54) is 11.3 Å². The van der Waals surface area contributed by atoms with Crippen LogP contribution in [0.2, 0.25) is 0 Å². The van der Waals surface area contributed by atoms with E-state index in [0.717, 1.165) is 14.7 Å². The lowest BCUT2D eigenvalue weighted by Crippen LogP contribution is -2.31. The molecular weight excluding hydrogens is 322 g/mol. The second-order valence-electron chi connectivity index (χ2n) is 3.34. The molecule has 0 unspecified atom stereocenters. The predicted molar refractivity (Wildman–Crippen MR) is 72.0 cm³/mol. The number of fused-ring (bicyclic) bond motifs is 1. The third-order valence-electron chi connectivity index (χ3n) is 2.00. The number of nitrogens with one attached hydrogen (secondary N) is 2. The zero-order valence-electron chi connectivity index (χ0n) is 8.94. The van der Waals surface area contributed by atoms with Gasteiger partial charge in [-0.15, -0.1) is 0 Å². The van der Waals surface area contributed by atoms with Gasteiger partial charge in [-0.2, -0.15) is 0 Å². The van der Waals surface area contributed by atoms with Crippen molar-refractivity contribution in [2.75, 3.05) is 11.9 Å². The zero-order valence-corrected chi connectivity index (χ0v) is 11.3. The zero-order chi connectivity index (χ0) is 13.1. The number of nitrogens with zero attached hydrogens (tertiary/aromatic N) is 1. The molecule has 0 spiro atoms.